The van der Waals surface area contributed by atoms with E-state index in [1.807, 2.05) is 54.6 Å². The Bertz CT molecular complexity index is 884. The Labute approximate surface area is 154 Å². The summed E-state index contributed by atoms with van der Waals surface area (Å²) in [6.07, 6.45) is 0. The highest BCUT2D eigenvalue weighted by molar-refractivity contribution is 9.10. The fraction of sp³-hybridized carbons (Fsp3) is 0.105. The van der Waals surface area contributed by atoms with E-state index >= 15 is 0 Å². The molecule has 2 aromatic carbocycles. The third-order valence-electron chi connectivity index (χ3n) is 3.50. The van der Waals surface area contributed by atoms with Crippen LogP contribution in [0.4, 0.5) is 11.5 Å². The van der Waals surface area contributed by atoms with Gasteiger partial charge in [-0.05, 0) is 40.5 Å². The van der Waals surface area contributed by atoms with E-state index in [1.165, 1.54) is 0 Å². The normalized spacial score (nSPS) is 10.3. The molecule has 0 fully saturated rings. The Hall–Kier alpha value is -2.73. The summed E-state index contributed by atoms with van der Waals surface area (Å²) in [5.74, 6) is 0.871. The fourth-order valence-corrected chi connectivity index (χ4v) is 2.70. The number of rotatable bonds is 5. The molecule has 0 atom stereocenters. The monoisotopic (exact) mass is 396 g/mol. The van der Waals surface area contributed by atoms with E-state index in [4.69, 9.17) is 0 Å². The van der Waals surface area contributed by atoms with Gasteiger partial charge in [-0.25, -0.2) is 9.97 Å². The van der Waals surface area contributed by atoms with E-state index in [2.05, 4.69) is 36.5 Å². The van der Waals surface area contributed by atoms with Crippen molar-refractivity contribution in [3.05, 3.63) is 82.2 Å². The SMILES string of the molecule is Cc1nc(Nc2ccccc2Br)cc(C(=O)NCc2ccccc2)n1. The topological polar surface area (TPSA) is 66.9 Å². The Morgan fingerprint density at radius 3 is 2.52 bits per heavy atom. The summed E-state index contributed by atoms with van der Waals surface area (Å²) in [6.45, 7) is 2.22. The average molecular weight is 397 g/mol. The molecule has 0 saturated heterocycles. The standard InChI is InChI=1S/C19H17BrN4O/c1-13-22-17(19(25)21-12-14-7-3-2-4-8-14)11-18(23-13)24-16-10-6-5-9-15(16)20/h2-11H,12H2,1H3,(H,21,25)(H,22,23,24). The van der Waals surface area contributed by atoms with Gasteiger partial charge in [-0.15, -0.1) is 0 Å². The van der Waals surface area contributed by atoms with Crippen LogP contribution >= 0.6 is 15.9 Å². The molecule has 0 bridgehead atoms. The smallest absolute Gasteiger partial charge is 0.270 e. The van der Waals surface area contributed by atoms with E-state index in [-0.39, 0.29) is 5.91 Å². The number of halogens is 1. The Morgan fingerprint density at radius 2 is 1.76 bits per heavy atom. The molecule has 2 N–H and O–H groups in total. The Morgan fingerprint density at radius 1 is 1.04 bits per heavy atom. The summed E-state index contributed by atoms with van der Waals surface area (Å²) < 4.78 is 0.918. The molecule has 0 radical (unpaired) electrons. The molecule has 6 heteroatoms. The van der Waals surface area contributed by atoms with Crippen LogP contribution < -0.4 is 10.6 Å². The van der Waals surface area contributed by atoms with Crippen LogP contribution in [-0.4, -0.2) is 15.9 Å². The number of benzene rings is 2. The predicted molar refractivity (Wildman–Crippen MR) is 102 cm³/mol. The Balaban J connectivity index is 1.74. The first-order valence-electron chi connectivity index (χ1n) is 7.81. The number of nitrogens with one attached hydrogen (secondary N) is 2. The fourth-order valence-electron chi connectivity index (χ4n) is 2.32. The van der Waals surface area contributed by atoms with Gasteiger partial charge in [0.2, 0.25) is 0 Å². The van der Waals surface area contributed by atoms with Gasteiger partial charge in [0.05, 0.1) is 5.69 Å². The second-order valence-corrected chi connectivity index (χ2v) is 6.31. The second-order valence-electron chi connectivity index (χ2n) is 5.46. The van der Waals surface area contributed by atoms with Crippen molar-refractivity contribution in [3.8, 4) is 0 Å². The summed E-state index contributed by atoms with van der Waals surface area (Å²) in [6, 6.07) is 19.1. The lowest BCUT2D eigenvalue weighted by Crippen LogP contribution is -2.24. The molecule has 126 valence electrons. The molecule has 3 rings (SSSR count). The molecule has 0 spiro atoms. The van der Waals surface area contributed by atoms with E-state index in [9.17, 15) is 4.79 Å². The van der Waals surface area contributed by atoms with Crippen molar-refractivity contribution in [2.75, 3.05) is 5.32 Å². The molecule has 0 unspecified atom stereocenters. The van der Waals surface area contributed by atoms with Gasteiger partial charge in [0, 0.05) is 17.1 Å². The van der Waals surface area contributed by atoms with Gasteiger partial charge in [0.25, 0.3) is 5.91 Å². The van der Waals surface area contributed by atoms with Crippen LogP contribution in [0.3, 0.4) is 0 Å². The maximum absolute atomic E-state index is 12.4. The van der Waals surface area contributed by atoms with Gasteiger partial charge in [-0.3, -0.25) is 4.79 Å². The third kappa shape index (κ3) is 4.64. The van der Waals surface area contributed by atoms with Gasteiger partial charge < -0.3 is 10.6 Å². The van der Waals surface area contributed by atoms with E-state index < -0.39 is 0 Å². The van der Waals surface area contributed by atoms with Crippen molar-refractivity contribution in [3.63, 3.8) is 0 Å². The van der Waals surface area contributed by atoms with Crippen LogP contribution in [0.1, 0.15) is 21.9 Å². The molecular formula is C19H17BrN4O. The van der Waals surface area contributed by atoms with E-state index in [0.29, 0.717) is 23.9 Å². The zero-order chi connectivity index (χ0) is 17.6. The summed E-state index contributed by atoms with van der Waals surface area (Å²) in [7, 11) is 0. The summed E-state index contributed by atoms with van der Waals surface area (Å²) in [5, 5.41) is 6.08. The number of anilines is 2. The van der Waals surface area contributed by atoms with E-state index in [1.54, 1.807) is 13.0 Å². The molecule has 1 amide bonds. The maximum atomic E-state index is 12.4. The molecule has 5 nitrogen and oxygen atoms in total. The van der Waals surface area contributed by atoms with Crippen molar-refractivity contribution in [2.45, 2.75) is 13.5 Å². The highest BCUT2D eigenvalue weighted by Crippen LogP contribution is 2.24. The molecule has 1 heterocycles. The average Bonchev–Trinajstić information content (AvgIpc) is 2.62. The number of amides is 1. The lowest BCUT2D eigenvalue weighted by Gasteiger charge is -2.10. The van der Waals surface area contributed by atoms with Crippen molar-refractivity contribution in [2.24, 2.45) is 0 Å². The van der Waals surface area contributed by atoms with Crippen LogP contribution in [0.25, 0.3) is 0 Å². The van der Waals surface area contributed by atoms with Gasteiger partial charge >= 0.3 is 0 Å². The van der Waals surface area contributed by atoms with E-state index in [0.717, 1.165) is 15.7 Å². The van der Waals surface area contributed by atoms with Crippen molar-refractivity contribution in [1.29, 1.82) is 0 Å². The highest BCUT2D eigenvalue weighted by atomic mass is 79.9. The number of carbonyl (C=O) groups excluding carboxylic acids is 1. The minimum Gasteiger partial charge on any atom is -0.347 e. The van der Waals surface area contributed by atoms with Crippen molar-refractivity contribution >= 4 is 33.3 Å². The first-order chi connectivity index (χ1) is 12.1. The maximum Gasteiger partial charge on any atom is 0.270 e. The first-order valence-corrected chi connectivity index (χ1v) is 8.60. The lowest BCUT2D eigenvalue weighted by molar-refractivity contribution is 0.0945. The molecule has 0 aliphatic heterocycles. The number of para-hydroxylation sites is 1. The Kier molecular flexibility index (Phi) is 5.40. The molecule has 0 aliphatic rings. The molecule has 25 heavy (non-hydrogen) atoms. The lowest BCUT2D eigenvalue weighted by atomic mass is 10.2. The molecular weight excluding hydrogens is 380 g/mol. The molecule has 0 aliphatic carbocycles. The molecule has 1 aromatic heterocycles. The van der Waals surface area contributed by atoms with Gasteiger partial charge in [-0.2, -0.15) is 0 Å². The number of hydrogen-bond donors (Lipinski definition) is 2. The largest absolute Gasteiger partial charge is 0.347 e. The van der Waals surface area contributed by atoms with Crippen molar-refractivity contribution < 1.29 is 4.79 Å². The minimum atomic E-state index is -0.232. The zero-order valence-corrected chi connectivity index (χ0v) is 15.2. The van der Waals surface area contributed by atoms with Crippen molar-refractivity contribution in [1.82, 2.24) is 15.3 Å². The number of carbonyl (C=O) groups is 1. The van der Waals surface area contributed by atoms with Gasteiger partial charge in [0.15, 0.2) is 0 Å². The van der Waals surface area contributed by atoms with Crippen LogP contribution in [0.2, 0.25) is 0 Å². The highest BCUT2D eigenvalue weighted by Gasteiger charge is 2.11. The summed E-state index contributed by atoms with van der Waals surface area (Å²) >= 11 is 3.49. The van der Waals surface area contributed by atoms with Crippen LogP contribution in [0.15, 0.2) is 65.1 Å². The number of aryl methyl sites for hydroxylation is 1. The van der Waals surface area contributed by atoms with Crippen LogP contribution in [0.5, 0.6) is 0 Å². The first kappa shape index (κ1) is 17.1. The predicted octanol–water partition coefficient (Wildman–Crippen LogP) is 4.22. The summed E-state index contributed by atoms with van der Waals surface area (Å²) in [4.78, 5) is 21.0. The van der Waals surface area contributed by atoms with Crippen LogP contribution in [0, 0.1) is 6.92 Å². The quantitative estimate of drug-likeness (QED) is 0.677. The van der Waals surface area contributed by atoms with Gasteiger partial charge in [0.1, 0.15) is 17.3 Å². The van der Waals surface area contributed by atoms with Crippen LogP contribution in [-0.2, 0) is 6.54 Å². The van der Waals surface area contributed by atoms with Gasteiger partial charge in [-0.1, -0.05) is 42.5 Å². The zero-order valence-electron chi connectivity index (χ0n) is 13.7. The molecule has 0 saturated carbocycles. The minimum absolute atomic E-state index is 0.232. The molecule has 3 aromatic rings. The third-order valence-corrected chi connectivity index (χ3v) is 4.19. The second kappa shape index (κ2) is 7.90. The number of aromatic nitrogens is 2. The number of nitrogens with zero attached hydrogens (tertiary/aromatic N) is 2. The number of hydrogen-bond acceptors (Lipinski definition) is 4. The summed E-state index contributed by atoms with van der Waals surface area (Å²) in [5.41, 5.74) is 2.24.